The van der Waals surface area contributed by atoms with Gasteiger partial charge in [0, 0.05) is 25.8 Å². The molecule has 0 spiro atoms. The van der Waals surface area contributed by atoms with E-state index in [0.717, 1.165) is 0 Å². The van der Waals surface area contributed by atoms with Crippen molar-refractivity contribution in [2.75, 3.05) is 34.0 Å². The van der Waals surface area contributed by atoms with Gasteiger partial charge in [-0.05, 0) is 18.2 Å². The summed E-state index contributed by atoms with van der Waals surface area (Å²) in [5.74, 6) is 0.751. The van der Waals surface area contributed by atoms with E-state index in [1.54, 1.807) is 19.2 Å². The fraction of sp³-hybridized carbons (Fsp3) is 0.538. The largest absolute Gasteiger partial charge is 0.497 e. The van der Waals surface area contributed by atoms with Gasteiger partial charge in [0.1, 0.15) is 11.5 Å². The predicted molar refractivity (Wildman–Crippen MR) is 68.1 cm³/mol. The standard InChI is InChI=1S/C13H18F3NO3/c1-18-6-5-17-8-10-7-11(19-2)3-4-12(10)20-9-13(14,15)16/h3-4,7,17H,5-6,8-9H2,1-2H3. The highest BCUT2D eigenvalue weighted by atomic mass is 19.4. The van der Waals surface area contributed by atoms with Crippen LogP contribution in [0.15, 0.2) is 18.2 Å². The fourth-order valence-corrected chi connectivity index (χ4v) is 1.52. The van der Waals surface area contributed by atoms with Crippen LogP contribution in [0.5, 0.6) is 11.5 Å². The summed E-state index contributed by atoms with van der Waals surface area (Å²) >= 11 is 0. The molecule has 0 fully saturated rings. The minimum atomic E-state index is -4.36. The number of halogens is 3. The Morgan fingerprint density at radius 1 is 1.20 bits per heavy atom. The molecule has 0 atom stereocenters. The quantitative estimate of drug-likeness (QED) is 0.747. The van der Waals surface area contributed by atoms with Crippen molar-refractivity contribution in [2.24, 2.45) is 0 Å². The molecule has 0 saturated heterocycles. The zero-order valence-electron chi connectivity index (χ0n) is 11.4. The molecule has 0 amide bonds. The molecule has 7 heteroatoms. The molecule has 20 heavy (non-hydrogen) atoms. The summed E-state index contributed by atoms with van der Waals surface area (Å²) in [6.07, 6.45) is -4.36. The van der Waals surface area contributed by atoms with Crippen molar-refractivity contribution in [1.82, 2.24) is 5.32 Å². The average Bonchev–Trinajstić information content (AvgIpc) is 2.41. The van der Waals surface area contributed by atoms with Crippen LogP contribution in [-0.2, 0) is 11.3 Å². The van der Waals surface area contributed by atoms with Crippen LogP contribution < -0.4 is 14.8 Å². The first-order valence-electron chi connectivity index (χ1n) is 6.02. The van der Waals surface area contributed by atoms with E-state index in [-0.39, 0.29) is 5.75 Å². The second-order valence-corrected chi connectivity index (χ2v) is 4.05. The van der Waals surface area contributed by atoms with Crippen molar-refractivity contribution in [2.45, 2.75) is 12.7 Å². The van der Waals surface area contributed by atoms with Gasteiger partial charge in [-0.2, -0.15) is 13.2 Å². The first-order chi connectivity index (χ1) is 9.46. The van der Waals surface area contributed by atoms with Crippen LogP contribution >= 0.6 is 0 Å². The zero-order chi connectivity index (χ0) is 15.0. The smallest absolute Gasteiger partial charge is 0.422 e. The molecule has 0 unspecified atom stereocenters. The van der Waals surface area contributed by atoms with E-state index in [1.165, 1.54) is 13.2 Å². The van der Waals surface area contributed by atoms with Crippen LogP contribution in [0.2, 0.25) is 0 Å². The van der Waals surface area contributed by atoms with Crippen molar-refractivity contribution in [3.63, 3.8) is 0 Å². The van der Waals surface area contributed by atoms with Gasteiger partial charge < -0.3 is 19.5 Å². The van der Waals surface area contributed by atoms with E-state index in [2.05, 4.69) is 5.32 Å². The molecule has 114 valence electrons. The number of alkyl halides is 3. The number of benzene rings is 1. The molecule has 0 aliphatic heterocycles. The first kappa shape index (κ1) is 16.6. The highest BCUT2D eigenvalue weighted by Crippen LogP contribution is 2.26. The molecule has 1 N–H and O–H groups in total. The zero-order valence-corrected chi connectivity index (χ0v) is 11.4. The Labute approximate surface area is 115 Å². The summed E-state index contributed by atoms with van der Waals surface area (Å²) in [6.45, 7) is 0.160. The third-order valence-corrected chi connectivity index (χ3v) is 2.46. The van der Waals surface area contributed by atoms with E-state index in [0.29, 0.717) is 31.0 Å². The summed E-state index contributed by atoms with van der Waals surface area (Å²) in [4.78, 5) is 0. The molecule has 0 heterocycles. The van der Waals surface area contributed by atoms with Gasteiger partial charge in [-0.3, -0.25) is 0 Å². The van der Waals surface area contributed by atoms with Gasteiger partial charge in [-0.25, -0.2) is 0 Å². The van der Waals surface area contributed by atoms with Crippen LogP contribution in [0.3, 0.4) is 0 Å². The van der Waals surface area contributed by atoms with Gasteiger partial charge in [-0.1, -0.05) is 0 Å². The summed E-state index contributed by atoms with van der Waals surface area (Å²) < 4.78 is 51.3. The van der Waals surface area contributed by atoms with Gasteiger partial charge in [0.05, 0.1) is 13.7 Å². The van der Waals surface area contributed by atoms with Crippen LogP contribution in [0.25, 0.3) is 0 Å². The Morgan fingerprint density at radius 3 is 2.55 bits per heavy atom. The topological polar surface area (TPSA) is 39.7 Å². The Balaban J connectivity index is 2.70. The second kappa shape index (κ2) is 7.96. The fourth-order valence-electron chi connectivity index (χ4n) is 1.52. The minimum absolute atomic E-state index is 0.188. The van der Waals surface area contributed by atoms with E-state index < -0.39 is 12.8 Å². The van der Waals surface area contributed by atoms with E-state index in [4.69, 9.17) is 14.2 Å². The minimum Gasteiger partial charge on any atom is -0.497 e. The lowest BCUT2D eigenvalue weighted by Crippen LogP contribution is -2.22. The Morgan fingerprint density at radius 2 is 1.95 bits per heavy atom. The maximum Gasteiger partial charge on any atom is 0.422 e. The normalized spacial score (nSPS) is 11.4. The Kier molecular flexibility index (Phi) is 6.60. The Hall–Kier alpha value is -1.47. The summed E-state index contributed by atoms with van der Waals surface area (Å²) in [6, 6.07) is 4.67. The predicted octanol–water partition coefficient (Wildman–Crippen LogP) is 2.37. The van der Waals surface area contributed by atoms with Gasteiger partial charge in [0.15, 0.2) is 6.61 Å². The van der Waals surface area contributed by atoms with E-state index in [9.17, 15) is 13.2 Å². The number of hydrogen-bond donors (Lipinski definition) is 1. The van der Waals surface area contributed by atoms with Gasteiger partial charge >= 0.3 is 6.18 Å². The first-order valence-corrected chi connectivity index (χ1v) is 6.02. The molecular formula is C13H18F3NO3. The molecule has 0 radical (unpaired) electrons. The second-order valence-electron chi connectivity index (χ2n) is 4.05. The van der Waals surface area contributed by atoms with E-state index in [1.807, 2.05) is 0 Å². The van der Waals surface area contributed by atoms with Crippen molar-refractivity contribution in [3.05, 3.63) is 23.8 Å². The average molecular weight is 293 g/mol. The number of rotatable bonds is 8. The van der Waals surface area contributed by atoms with Gasteiger partial charge in [0.25, 0.3) is 0 Å². The third kappa shape index (κ3) is 6.12. The lowest BCUT2D eigenvalue weighted by Gasteiger charge is -2.14. The molecule has 1 rings (SSSR count). The molecule has 0 aromatic heterocycles. The summed E-state index contributed by atoms with van der Waals surface area (Å²) in [7, 11) is 3.07. The maximum atomic E-state index is 12.2. The summed E-state index contributed by atoms with van der Waals surface area (Å²) in [5, 5.41) is 3.05. The van der Waals surface area contributed by atoms with Crippen molar-refractivity contribution >= 4 is 0 Å². The molecule has 1 aromatic rings. The number of methoxy groups -OCH3 is 2. The molecule has 4 nitrogen and oxygen atoms in total. The molecule has 0 aliphatic carbocycles. The maximum absolute atomic E-state index is 12.2. The monoisotopic (exact) mass is 293 g/mol. The molecule has 0 bridgehead atoms. The van der Waals surface area contributed by atoms with Crippen LogP contribution in [-0.4, -0.2) is 40.2 Å². The van der Waals surface area contributed by atoms with Crippen LogP contribution in [0.1, 0.15) is 5.56 Å². The Bertz CT molecular complexity index is 410. The van der Waals surface area contributed by atoms with Crippen molar-refractivity contribution in [1.29, 1.82) is 0 Å². The van der Waals surface area contributed by atoms with Crippen molar-refractivity contribution in [3.8, 4) is 11.5 Å². The SMILES string of the molecule is COCCNCc1cc(OC)ccc1OCC(F)(F)F. The number of nitrogens with one attached hydrogen (secondary N) is 1. The van der Waals surface area contributed by atoms with Gasteiger partial charge in [0.2, 0.25) is 0 Å². The number of hydrogen-bond acceptors (Lipinski definition) is 4. The van der Waals surface area contributed by atoms with Gasteiger partial charge in [-0.15, -0.1) is 0 Å². The third-order valence-electron chi connectivity index (χ3n) is 2.46. The lowest BCUT2D eigenvalue weighted by atomic mass is 10.2. The van der Waals surface area contributed by atoms with Crippen molar-refractivity contribution < 1.29 is 27.4 Å². The highest BCUT2D eigenvalue weighted by molar-refractivity contribution is 5.40. The van der Waals surface area contributed by atoms with Crippen LogP contribution in [0, 0.1) is 0 Å². The number of ether oxygens (including phenoxy) is 3. The summed E-state index contributed by atoms with van der Waals surface area (Å²) in [5.41, 5.74) is 0.602. The molecule has 0 aliphatic rings. The highest BCUT2D eigenvalue weighted by Gasteiger charge is 2.28. The molecule has 0 saturated carbocycles. The molecular weight excluding hydrogens is 275 g/mol. The van der Waals surface area contributed by atoms with Crippen LogP contribution in [0.4, 0.5) is 13.2 Å². The molecule has 1 aromatic carbocycles. The lowest BCUT2D eigenvalue weighted by molar-refractivity contribution is -0.153. The van der Waals surface area contributed by atoms with E-state index >= 15 is 0 Å².